The molecule has 0 spiro atoms. The second-order valence-corrected chi connectivity index (χ2v) is 5.51. The SMILES string of the molecule is O=C(O)CC(=O)OC(F)(F)C(F)(F)C(F)(F)C(F)(F)C(F)(F)C(F)(F)C(F)(F)C(F)(F)F. The molecule has 0 aromatic carbocycles. The molecule has 0 aliphatic rings. The monoisotopic (exact) mass is 522 g/mol. The van der Waals surface area contributed by atoms with Crippen LogP contribution in [-0.4, -0.2) is 64.9 Å². The summed E-state index contributed by atoms with van der Waals surface area (Å²) in [6.07, 6.45) is -17.6. The van der Waals surface area contributed by atoms with Crippen LogP contribution in [0.1, 0.15) is 6.42 Å². The van der Waals surface area contributed by atoms with Crippen molar-refractivity contribution >= 4 is 11.9 Å². The molecule has 0 rings (SSSR count). The fourth-order valence-electron chi connectivity index (χ4n) is 1.52. The van der Waals surface area contributed by atoms with E-state index in [9.17, 15) is 84.2 Å². The minimum Gasteiger partial charge on any atom is -0.481 e. The summed E-state index contributed by atoms with van der Waals surface area (Å²) in [6, 6.07) is 0. The highest BCUT2D eigenvalue weighted by atomic mass is 19.4. The summed E-state index contributed by atoms with van der Waals surface area (Å²) in [6.45, 7) is 0. The number of ether oxygens (including phenoxy) is 1. The molecule has 0 aliphatic carbocycles. The number of aliphatic carboxylic acids is 1. The molecule has 0 heterocycles. The second-order valence-electron chi connectivity index (χ2n) is 5.51. The Morgan fingerprint density at radius 1 is 0.531 bits per heavy atom. The first-order valence-electron chi connectivity index (χ1n) is 6.71. The van der Waals surface area contributed by atoms with Crippen LogP contribution in [0.4, 0.5) is 74.6 Å². The zero-order valence-corrected chi connectivity index (χ0v) is 13.8. The highest BCUT2D eigenvalue weighted by Crippen LogP contribution is 2.64. The second kappa shape index (κ2) is 7.66. The number of rotatable bonds is 9. The van der Waals surface area contributed by atoms with Gasteiger partial charge in [0.05, 0.1) is 0 Å². The van der Waals surface area contributed by atoms with E-state index < -0.39 is 66.2 Å². The molecule has 0 aromatic heterocycles. The molecule has 0 amide bonds. The first kappa shape index (κ1) is 29.8. The van der Waals surface area contributed by atoms with Gasteiger partial charge in [-0.15, -0.1) is 0 Å². The summed E-state index contributed by atoms with van der Waals surface area (Å²) in [5, 5.41) is 7.96. The molecule has 0 radical (unpaired) electrons. The van der Waals surface area contributed by atoms with E-state index in [0.717, 1.165) is 0 Å². The number of esters is 1. The van der Waals surface area contributed by atoms with E-state index in [2.05, 4.69) is 4.74 Å². The number of carbonyl (C=O) groups excluding carboxylic acids is 1. The minimum atomic E-state index is -8.82. The molecule has 0 unspecified atom stereocenters. The number of hydrogen-bond donors (Lipinski definition) is 1. The summed E-state index contributed by atoms with van der Waals surface area (Å²) in [5.41, 5.74) is 0. The molecular weight excluding hydrogens is 519 g/mol. The lowest BCUT2D eigenvalue weighted by atomic mass is 9.90. The van der Waals surface area contributed by atoms with Crippen molar-refractivity contribution in [2.24, 2.45) is 0 Å². The fourth-order valence-corrected chi connectivity index (χ4v) is 1.52. The standard InChI is InChI=1S/C11H3F17O4/c12-4(13,6(16,17)8(20,21)10(24,25)26)5(14,15)7(18,19)9(22,23)11(27,28)32-3(31)1-2(29)30/h1H2,(H,29,30). The van der Waals surface area contributed by atoms with Gasteiger partial charge in [0.2, 0.25) is 0 Å². The molecular formula is C11H3F17O4. The van der Waals surface area contributed by atoms with Crippen LogP contribution in [0.25, 0.3) is 0 Å². The van der Waals surface area contributed by atoms with Gasteiger partial charge in [-0.1, -0.05) is 0 Å². The van der Waals surface area contributed by atoms with Crippen molar-refractivity contribution in [3.8, 4) is 0 Å². The predicted molar refractivity (Wildman–Crippen MR) is 59.0 cm³/mol. The zero-order valence-electron chi connectivity index (χ0n) is 13.8. The normalized spacial score (nSPS) is 15.5. The Bertz CT molecular complexity index is 737. The fraction of sp³-hybridized carbons (Fsp3) is 0.818. The molecule has 0 aromatic rings. The van der Waals surface area contributed by atoms with Crippen LogP contribution in [0, 0.1) is 0 Å². The lowest BCUT2D eigenvalue weighted by molar-refractivity contribution is -0.474. The largest absolute Gasteiger partial charge is 0.481 e. The number of carboxylic acids is 1. The van der Waals surface area contributed by atoms with Crippen LogP contribution >= 0.6 is 0 Å². The van der Waals surface area contributed by atoms with Crippen molar-refractivity contribution in [3.05, 3.63) is 0 Å². The number of carbonyl (C=O) groups is 2. The third-order valence-electron chi connectivity index (χ3n) is 3.23. The first-order valence-corrected chi connectivity index (χ1v) is 6.71. The van der Waals surface area contributed by atoms with Gasteiger partial charge in [-0.2, -0.15) is 74.6 Å². The Kier molecular flexibility index (Phi) is 7.12. The quantitative estimate of drug-likeness (QED) is 0.264. The van der Waals surface area contributed by atoms with E-state index in [4.69, 9.17) is 5.11 Å². The first-order chi connectivity index (χ1) is 13.6. The molecule has 0 bridgehead atoms. The van der Waals surface area contributed by atoms with Crippen LogP contribution in [0.5, 0.6) is 0 Å². The third kappa shape index (κ3) is 4.08. The molecule has 0 fully saturated rings. The van der Waals surface area contributed by atoms with E-state index >= 15 is 0 Å². The molecule has 0 saturated carbocycles. The van der Waals surface area contributed by atoms with Gasteiger partial charge in [-0.25, -0.2) is 0 Å². The summed E-state index contributed by atoms with van der Waals surface area (Å²) in [5.74, 6) is -57.0. The van der Waals surface area contributed by atoms with Crippen LogP contribution in [0.2, 0.25) is 0 Å². The Labute approximate surface area is 161 Å². The summed E-state index contributed by atoms with van der Waals surface area (Å²) >= 11 is 0. The molecule has 32 heavy (non-hydrogen) atoms. The van der Waals surface area contributed by atoms with Gasteiger partial charge in [0.1, 0.15) is 6.42 Å². The lowest BCUT2D eigenvalue weighted by Gasteiger charge is -2.42. The van der Waals surface area contributed by atoms with Crippen molar-refractivity contribution < 1.29 is 94.1 Å². The van der Waals surface area contributed by atoms with Gasteiger partial charge >= 0.3 is 59.8 Å². The van der Waals surface area contributed by atoms with E-state index in [1.165, 1.54) is 0 Å². The maximum absolute atomic E-state index is 13.3. The van der Waals surface area contributed by atoms with Gasteiger partial charge in [0.25, 0.3) is 0 Å². The zero-order chi connectivity index (χ0) is 26.6. The molecule has 0 saturated heterocycles. The maximum Gasteiger partial charge on any atom is 0.473 e. The third-order valence-corrected chi connectivity index (χ3v) is 3.23. The van der Waals surface area contributed by atoms with E-state index in [0.29, 0.717) is 0 Å². The van der Waals surface area contributed by atoms with Crippen LogP contribution < -0.4 is 0 Å². The number of halogens is 17. The summed E-state index contributed by atoms with van der Waals surface area (Å²) in [4.78, 5) is 20.5. The molecule has 1 N–H and O–H groups in total. The lowest BCUT2D eigenvalue weighted by Crippen LogP contribution is -2.74. The van der Waals surface area contributed by atoms with Crippen molar-refractivity contribution in [1.29, 1.82) is 0 Å². The molecule has 0 atom stereocenters. The number of carboxylic acid groups (broad SMARTS) is 1. The van der Waals surface area contributed by atoms with Crippen molar-refractivity contribution in [2.45, 2.75) is 54.2 Å². The van der Waals surface area contributed by atoms with E-state index in [1.54, 1.807) is 0 Å². The smallest absolute Gasteiger partial charge is 0.473 e. The predicted octanol–water partition coefficient (Wildman–Crippen LogP) is 4.97. The number of hydrogen-bond acceptors (Lipinski definition) is 3. The van der Waals surface area contributed by atoms with Gasteiger partial charge < -0.3 is 9.84 Å². The molecule has 21 heteroatoms. The van der Waals surface area contributed by atoms with Crippen molar-refractivity contribution in [2.75, 3.05) is 0 Å². The van der Waals surface area contributed by atoms with Crippen LogP contribution in [0.15, 0.2) is 0 Å². The molecule has 4 nitrogen and oxygen atoms in total. The number of alkyl halides is 17. The average Bonchev–Trinajstić information content (AvgIpc) is 2.50. The van der Waals surface area contributed by atoms with Gasteiger partial charge in [0.15, 0.2) is 0 Å². The average molecular weight is 522 g/mol. The Morgan fingerprint density at radius 3 is 1.09 bits per heavy atom. The summed E-state index contributed by atoms with van der Waals surface area (Å²) in [7, 11) is 0. The molecule has 0 aliphatic heterocycles. The Balaban J connectivity index is 6.59. The summed E-state index contributed by atoms with van der Waals surface area (Å²) < 4.78 is 221. The van der Waals surface area contributed by atoms with Gasteiger partial charge in [-0.3, -0.25) is 9.59 Å². The maximum atomic E-state index is 13.3. The highest BCUT2D eigenvalue weighted by molar-refractivity contribution is 5.90. The minimum absolute atomic E-state index is 2.14. The molecule has 190 valence electrons. The van der Waals surface area contributed by atoms with E-state index in [-0.39, 0.29) is 0 Å². The van der Waals surface area contributed by atoms with E-state index in [1.807, 2.05) is 0 Å². The topological polar surface area (TPSA) is 63.6 Å². The van der Waals surface area contributed by atoms with Crippen LogP contribution in [-0.2, 0) is 14.3 Å². The van der Waals surface area contributed by atoms with Crippen molar-refractivity contribution in [3.63, 3.8) is 0 Å². The van der Waals surface area contributed by atoms with Gasteiger partial charge in [-0.05, 0) is 0 Å². The Morgan fingerprint density at radius 2 is 0.812 bits per heavy atom. The van der Waals surface area contributed by atoms with Crippen molar-refractivity contribution in [1.82, 2.24) is 0 Å². The Hall–Kier alpha value is -2.25. The van der Waals surface area contributed by atoms with Gasteiger partial charge in [0, 0.05) is 0 Å². The van der Waals surface area contributed by atoms with Crippen LogP contribution in [0.3, 0.4) is 0 Å². The highest BCUT2D eigenvalue weighted by Gasteiger charge is 2.95.